The molecular weight excluding hydrogens is 374 g/mol. The number of rotatable bonds is 4. The van der Waals surface area contributed by atoms with E-state index in [4.69, 9.17) is 9.47 Å². The summed E-state index contributed by atoms with van der Waals surface area (Å²) >= 11 is 3.44. The van der Waals surface area contributed by atoms with E-state index in [1.807, 2.05) is 24.3 Å². The van der Waals surface area contributed by atoms with Crippen LogP contribution in [-0.2, 0) is 19.1 Å². The molecule has 1 aliphatic heterocycles. The Kier molecular flexibility index (Phi) is 5.83. The molecule has 1 heterocycles. The zero-order valence-electron chi connectivity index (χ0n) is 14.1. The van der Waals surface area contributed by atoms with Gasteiger partial charge in [-0.15, -0.1) is 0 Å². The minimum atomic E-state index is -0.546. The van der Waals surface area contributed by atoms with Crippen LogP contribution >= 0.6 is 15.9 Å². The smallest absolute Gasteiger partial charge is 0.336 e. The van der Waals surface area contributed by atoms with Crippen LogP contribution in [0.15, 0.2) is 51.3 Å². The molecule has 0 bridgehead atoms. The molecule has 2 rings (SSSR count). The van der Waals surface area contributed by atoms with E-state index in [0.29, 0.717) is 22.5 Å². The second kappa shape index (κ2) is 7.66. The molecule has 0 saturated carbocycles. The lowest BCUT2D eigenvalue weighted by atomic mass is 9.80. The molecule has 0 fully saturated rings. The number of benzene rings is 1. The summed E-state index contributed by atoms with van der Waals surface area (Å²) in [6.45, 7) is 5.61. The molecule has 6 heteroatoms. The molecule has 24 heavy (non-hydrogen) atoms. The van der Waals surface area contributed by atoms with Crippen LogP contribution in [0.5, 0.6) is 0 Å². The maximum absolute atomic E-state index is 12.5. The van der Waals surface area contributed by atoms with Gasteiger partial charge < -0.3 is 14.8 Å². The SMILES string of the molecule is CCOC(=O)C1=C(C)NC(C)=C(C(=O)OC)C1c1cccc(Br)c1. The van der Waals surface area contributed by atoms with E-state index in [-0.39, 0.29) is 6.61 Å². The molecular formula is C18H20BrNO4. The van der Waals surface area contributed by atoms with Crippen molar-refractivity contribution in [2.45, 2.75) is 26.7 Å². The van der Waals surface area contributed by atoms with Crippen molar-refractivity contribution in [3.63, 3.8) is 0 Å². The highest BCUT2D eigenvalue weighted by Gasteiger charge is 2.37. The summed E-state index contributed by atoms with van der Waals surface area (Å²) in [5.41, 5.74) is 2.97. The first-order chi connectivity index (χ1) is 11.4. The Morgan fingerprint density at radius 3 is 2.33 bits per heavy atom. The van der Waals surface area contributed by atoms with Crippen LogP contribution in [-0.4, -0.2) is 25.7 Å². The minimum absolute atomic E-state index is 0.261. The Morgan fingerprint density at radius 1 is 1.17 bits per heavy atom. The summed E-state index contributed by atoms with van der Waals surface area (Å²) in [7, 11) is 1.33. The number of nitrogens with one attached hydrogen (secondary N) is 1. The third-order valence-corrected chi connectivity index (χ3v) is 4.34. The molecule has 1 aliphatic rings. The Balaban J connectivity index is 2.66. The van der Waals surface area contributed by atoms with Crippen molar-refractivity contribution >= 4 is 27.9 Å². The van der Waals surface area contributed by atoms with Gasteiger partial charge in [-0.3, -0.25) is 0 Å². The Morgan fingerprint density at radius 2 is 1.79 bits per heavy atom. The van der Waals surface area contributed by atoms with Crippen molar-refractivity contribution < 1.29 is 19.1 Å². The number of allylic oxidation sites excluding steroid dienone is 2. The van der Waals surface area contributed by atoms with Crippen molar-refractivity contribution in [3.8, 4) is 0 Å². The van der Waals surface area contributed by atoms with E-state index >= 15 is 0 Å². The average Bonchev–Trinajstić information content (AvgIpc) is 2.53. The van der Waals surface area contributed by atoms with Crippen molar-refractivity contribution in [2.75, 3.05) is 13.7 Å². The highest BCUT2D eigenvalue weighted by atomic mass is 79.9. The minimum Gasteiger partial charge on any atom is -0.466 e. The van der Waals surface area contributed by atoms with Gasteiger partial charge >= 0.3 is 11.9 Å². The molecule has 128 valence electrons. The molecule has 1 unspecified atom stereocenters. The topological polar surface area (TPSA) is 64.6 Å². The molecule has 0 aliphatic carbocycles. The number of carbonyl (C=O) groups excluding carboxylic acids is 2. The highest BCUT2D eigenvalue weighted by Crippen LogP contribution is 2.39. The molecule has 5 nitrogen and oxygen atoms in total. The molecule has 0 spiro atoms. The number of hydrogen-bond acceptors (Lipinski definition) is 5. The standard InChI is InChI=1S/C18H20BrNO4/c1-5-24-18(22)15-11(3)20-10(2)14(17(21)23-4)16(15)12-7-6-8-13(19)9-12/h6-9,16,20H,5H2,1-4H3. The van der Waals surface area contributed by atoms with E-state index in [1.54, 1.807) is 20.8 Å². The van der Waals surface area contributed by atoms with Crippen LogP contribution in [0.2, 0.25) is 0 Å². The molecule has 1 aromatic carbocycles. The number of methoxy groups -OCH3 is 1. The third-order valence-electron chi connectivity index (χ3n) is 3.84. The van der Waals surface area contributed by atoms with Gasteiger partial charge in [0.05, 0.1) is 30.8 Å². The van der Waals surface area contributed by atoms with Crippen LogP contribution < -0.4 is 5.32 Å². The van der Waals surface area contributed by atoms with Gasteiger partial charge in [-0.2, -0.15) is 0 Å². The average molecular weight is 394 g/mol. The van der Waals surface area contributed by atoms with Gasteiger partial charge in [0, 0.05) is 15.9 Å². The lowest BCUT2D eigenvalue weighted by Gasteiger charge is -2.30. The molecule has 0 amide bonds. The molecule has 0 aromatic heterocycles. The predicted molar refractivity (Wildman–Crippen MR) is 94.1 cm³/mol. The number of esters is 2. The van der Waals surface area contributed by atoms with Gasteiger partial charge in [-0.1, -0.05) is 28.1 Å². The zero-order chi connectivity index (χ0) is 17.9. The summed E-state index contributed by atoms with van der Waals surface area (Å²) in [5, 5.41) is 3.09. The molecule has 1 atom stereocenters. The summed E-state index contributed by atoms with van der Waals surface area (Å²) in [6.07, 6.45) is 0. The molecule has 1 N–H and O–H groups in total. The quantitative estimate of drug-likeness (QED) is 0.793. The number of hydrogen-bond donors (Lipinski definition) is 1. The van der Waals surface area contributed by atoms with Gasteiger partial charge in [-0.05, 0) is 38.5 Å². The van der Waals surface area contributed by atoms with Gasteiger partial charge in [0.25, 0.3) is 0 Å². The van der Waals surface area contributed by atoms with Gasteiger partial charge in [0.15, 0.2) is 0 Å². The second-order valence-electron chi connectivity index (χ2n) is 5.40. The van der Waals surface area contributed by atoms with Crippen LogP contribution in [0, 0.1) is 0 Å². The summed E-state index contributed by atoms with van der Waals surface area (Å²) < 4.78 is 11.0. The first-order valence-corrected chi connectivity index (χ1v) is 8.39. The van der Waals surface area contributed by atoms with Gasteiger partial charge in [0.2, 0.25) is 0 Å². The second-order valence-corrected chi connectivity index (χ2v) is 6.32. The van der Waals surface area contributed by atoms with Crippen LogP contribution in [0.1, 0.15) is 32.3 Å². The van der Waals surface area contributed by atoms with Crippen molar-refractivity contribution in [3.05, 3.63) is 56.8 Å². The lowest BCUT2D eigenvalue weighted by Crippen LogP contribution is -2.32. The summed E-state index contributed by atoms with van der Waals surface area (Å²) in [6, 6.07) is 7.52. The van der Waals surface area contributed by atoms with Crippen molar-refractivity contribution in [1.29, 1.82) is 0 Å². The highest BCUT2D eigenvalue weighted by molar-refractivity contribution is 9.10. The fraction of sp³-hybridized carbons (Fsp3) is 0.333. The first-order valence-electron chi connectivity index (χ1n) is 7.60. The summed E-state index contributed by atoms with van der Waals surface area (Å²) in [5.74, 6) is -1.46. The molecule has 1 aromatic rings. The fourth-order valence-electron chi connectivity index (χ4n) is 2.87. The Bertz CT molecular complexity index is 736. The van der Waals surface area contributed by atoms with Crippen LogP contribution in [0.25, 0.3) is 0 Å². The fourth-order valence-corrected chi connectivity index (χ4v) is 3.29. The van der Waals surface area contributed by atoms with Crippen LogP contribution in [0.4, 0.5) is 0 Å². The number of halogens is 1. The zero-order valence-corrected chi connectivity index (χ0v) is 15.7. The van der Waals surface area contributed by atoms with Crippen molar-refractivity contribution in [1.82, 2.24) is 5.32 Å². The maximum Gasteiger partial charge on any atom is 0.336 e. The van der Waals surface area contributed by atoms with E-state index in [0.717, 1.165) is 10.0 Å². The third kappa shape index (κ3) is 3.53. The molecule has 0 saturated heterocycles. The number of carbonyl (C=O) groups is 2. The summed E-state index contributed by atoms with van der Waals surface area (Å²) in [4.78, 5) is 24.9. The van der Waals surface area contributed by atoms with Gasteiger partial charge in [-0.25, -0.2) is 9.59 Å². The Hall–Kier alpha value is -2.08. The lowest BCUT2D eigenvalue weighted by molar-refractivity contribution is -0.139. The first kappa shape index (κ1) is 18.3. The van der Waals surface area contributed by atoms with E-state index < -0.39 is 17.9 Å². The van der Waals surface area contributed by atoms with Crippen LogP contribution in [0.3, 0.4) is 0 Å². The largest absolute Gasteiger partial charge is 0.466 e. The van der Waals surface area contributed by atoms with E-state index in [9.17, 15) is 9.59 Å². The number of ether oxygens (including phenoxy) is 2. The molecule has 0 radical (unpaired) electrons. The number of dihydropyridines is 1. The predicted octanol–water partition coefficient (Wildman–Crippen LogP) is 3.42. The van der Waals surface area contributed by atoms with Gasteiger partial charge in [0.1, 0.15) is 0 Å². The maximum atomic E-state index is 12.5. The van der Waals surface area contributed by atoms with Crippen molar-refractivity contribution in [2.24, 2.45) is 0 Å². The Labute approximate surface area is 149 Å². The van der Waals surface area contributed by atoms with E-state index in [1.165, 1.54) is 7.11 Å². The monoisotopic (exact) mass is 393 g/mol. The van der Waals surface area contributed by atoms with E-state index in [2.05, 4.69) is 21.2 Å². The normalized spacial score (nSPS) is 17.5.